The number of carbonyl (C=O) groups is 2. The number of carbonyl (C=O) groups excluding carboxylic acids is 2. The zero-order valence-corrected chi connectivity index (χ0v) is 21.3. The van der Waals surface area contributed by atoms with Gasteiger partial charge in [0.2, 0.25) is 0 Å². The molecule has 7 nitrogen and oxygen atoms in total. The van der Waals surface area contributed by atoms with E-state index < -0.39 is 5.91 Å². The summed E-state index contributed by atoms with van der Waals surface area (Å²) in [4.78, 5) is 26.8. The average Bonchev–Trinajstić information content (AvgIpc) is 2.83. The molecule has 0 radical (unpaired) electrons. The number of ether oxygens (including phenoxy) is 1. The molecule has 6 rings (SSSR count). The second-order valence-corrected chi connectivity index (χ2v) is 11.4. The molecule has 7 heteroatoms. The van der Waals surface area contributed by atoms with Crippen LogP contribution in [-0.4, -0.2) is 55.6 Å². The molecule has 4 saturated carbocycles. The lowest BCUT2D eigenvalue weighted by Crippen LogP contribution is -2.48. The van der Waals surface area contributed by atoms with Crippen LogP contribution in [0.15, 0.2) is 42.5 Å². The number of phenolic OH excluding ortho intramolecular Hbond substituents is 1. The normalized spacial score (nSPS) is 26.1. The van der Waals surface area contributed by atoms with Crippen molar-refractivity contribution in [2.24, 2.45) is 17.8 Å². The minimum atomic E-state index is -0.402. The molecule has 4 aliphatic carbocycles. The van der Waals surface area contributed by atoms with E-state index in [4.69, 9.17) is 4.74 Å². The molecule has 4 aliphatic rings. The maximum atomic E-state index is 12.5. The van der Waals surface area contributed by atoms with Crippen LogP contribution < -0.4 is 15.4 Å². The molecule has 0 aliphatic heterocycles. The number of hydrogen-bond acceptors (Lipinski definition) is 5. The van der Waals surface area contributed by atoms with E-state index in [1.54, 1.807) is 0 Å². The Morgan fingerprint density at radius 3 is 2.25 bits per heavy atom. The summed E-state index contributed by atoms with van der Waals surface area (Å²) in [7, 11) is 3.86. The number of likely N-dealkylation sites (N-methyl/N-ethyl adjacent to an activating group) is 1. The van der Waals surface area contributed by atoms with Gasteiger partial charge >= 0.3 is 0 Å². The summed E-state index contributed by atoms with van der Waals surface area (Å²) in [6.07, 6.45) is 8.23. The van der Waals surface area contributed by atoms with Gasteiger partial charge in [-0.1, -0.05) is 12.1 Å². The van der Waals surface area contributed by atoms with Gasteiger partial charge in [-0.15, -0.1) is 0 Å². The molecule has 2 aromatic carbocycles. The summed E-state index contributed by atoms with van der Waals surface area (Å²) in [5, 5.41) is 15.6. The van der Waals surface area contributed by atoms with Gasteiger partial charge in [0.25, 0.3) is 11.8 Å². The molecule has 3 N–H and O–H groups in total. The largest absolute Gasteiger partial charge is 0.506 e. The van der Waals surface area contributed by atoms with E-state index in [2.05, 4.69) is 22.8 Å². The fraction of sp³-hybridized carbons (Fsp3) is 0.517. The standard InChI is InChI=1S/C29H37N3O4/c1-32(2)10-9-30-28(35)22-3-8-26(33)25(14-22)31-27(34)18-36-24-6-4-23(5-7-24)29-15-19-11-20(16-29)13-21(12-19)17-29/h3-8,14,19-21,33H,9-13,15-18H2,1-2H3,(H,30,35)(H,31,34). The van der Waals surface area contributed by atoms with Gasteiger partial charge in [0.15, 0.2) is 6.61 Å². The number of nitrogens with zero attached hydrogens (tertiary/aromatic N) is 1. The van der Waals surface area contributed by atoms with Gasteiger partial charge in [-0.3, -0.25) is 9.59 Å². The number of anilines is 1. The van der Waals surface area contributed by atoms with Crippen LogP contribution in [0.3, 0.4) is 0 Å². The molecule has 192 valence electrons. The van der Waals surface area contributed by atoms with Gasteiger partial charge in [0, 0.05) is 18.7 Å². The number of hydrogen-bond donors (Lipinski definition) is 3. The summed E-state index contributed by atoms with van der Waals surface area (Å²) >= 11 is 0. The molecular formula is C29H37N3O4. The zero-order valence-electron chi connectivity index (χ0n) is 21.3. The fourth-order valence-electron chi connectivity index (χ4n) is 6.98. The van der Waals surface area contributed by atoms with E-state index in [-0.39, 0.29) is 24.0 Å². The Bertz CT molecular complexity index is 1080. The number of aromatic hydroxyl groups is 1. The first kappa shape index (κ1) is 24.6. The predicted molar refractivity (Wildman–Crippen MR) is 139 cm³/mol. The van der Waals surface area contributed by atoms with Gasteiger partial charge in [-0.25, -0.2) is 0 Å². The summed E-state index contributed by atoms with van der Waals surface area (Å²) in [5.41, 5.74) is 2.31. The topological polar surface area (TPSA) is 90.9 Å². The van der Waals surface area contributed by atoms with Crippen molar-refractivity contribution in [1.29, 1.82) is 0 Å². The van der Waals surface area contributed by atoms with E-state index in [1.165, 1.54) is 62.3 Å². The second-order valence-electron chi connectivity index (χ2n) is 11.4. The second kappa shape index (κ2) is 10.1. The third-order valence-corrected chi connectivity index (χ3v) is 8.25. The van der Waals surface area contributed by atoms with Crippen molar-refractivity contribution in [3.8, 4) is 11.5 Å². The Morgan fingerprint density at radius 2 is 1.64 bits per heavy atom. The number of benzene rings is 2. The fourth-order valence-corrected chi connectivity index (χ4v) is 6.98. The van der Waals surface area contributed by atoms with Crippen molar-refractivity contribution < 1.29 is 19.4 Å². The smallest absolute Gasteiger partial charge is 0.262 e. The van der Waals surface area contributed by atoms with Gasteiger partial charge in [0.05, 0.1) is 5.69 Å². The highest BCUT2D eigenvalue weighted by Gasteiger charge is 2.51. The first-order chi connectivity index (χ1) is 17.3. The monoisotopic (exact) mass is 491 g/mol. The van der Waals surface area contributed by atoms with Crippen LogP contribution in [0.2, 0.25) is 0 Å². The quantitative estimate of drug-likeness (QED) is 0.458. The third kappa shape index (κ3) is 5.36. The summed E-state index contributed by atoms with van der Waals surface area (Å²) in [5.74, 6) is 2.58. The van der Waals surface area contributed by atoms with E-state index in [0.717, 1.165) is 17.8 Å². The number of phenols is 1. The van der Waals surface area contributed by atoms with E-state index in [0.29, 0.717) is 29.8 Å². The third-order valence-electron chi connectivity index (χ3n) is 8.25. The Hall–Kier alpha value is -3.06. The van der Waals surface area contributed by atoms with Crippen molar-refractivity contribution in [2.45, 2.75) is 43.9 Å². The molecule has 0 saturated heterocycles. The van der Waals surface area contributed by atoms with Crippen LogP contribution in [0.1, 0.15) is 54.4 Å². The molecule has 0 unspecified atom stereocenters. The van der Waals surface area contributed by atoms with Crippen LogP contribution >= 0.6 is 0 Å². The zero-order chi connectivity index (χ0) is 25.3. The first-order valence-corrected chi connectivity index (χ1v) is 13.1. The highest BCUT2D eigenvalue weighted by Crippen LogP contribution is 2.60. The highest BCUT2D eigenvalue weighted by molar-refractivity contribution is 5.98. The first-order valence-electron chi connectivity index (χ1n) is 13.1. The summed E-state index contributed by atoms with van der Waals surface area (Å²) in [6.45, 7) is 1.04. The van der Waals surface area contributed by atoms with Gasteiger partial charge in [0.1, 0.15) is 11.5 Å². The SMILES string of the molecule is CN(C)CCNC(=O)c1ccc(O)c(NC(=O)COc2ccc(C34CC5CC(CC(C5)C3)C4)cc2)c1. The molecule has 36 heavy (non-hydrogen) atoms. The molecule has 0 aromatic heterocycles. The Balaban J connectivity index is 1.15. The number of amides is 2. The molecule has 0 spiro atoms. The Morgan fingerprint density at radius 1 is 1.00 bits per heavy atom. The van der Waals surface area contributed by atoms with Gasteiger partial charge in [-0.05, 0) is 112 Å². The van der Waals surface area contributed by atoms with Crippen LogP contribution in [0.5, 0.6) is 11.5 Å². The lowest BCUT2D eigenvalue weighted by Gasteiger charge is -2.57. The molecule has 0 atom stereocenters. The van der Waals surface area contributed by atoms with Gasteiger partial charge in [-0.2, -0.15) is 0 Å². The predicted octanol–water partition coefficient (Wildman–Crippen LogP) is 4.17. The van der Waals surface area contributed by atoms with Crippen LogP contribution in [-0.2, 0) is 10.2 Å². The van der Waals surface area contributed by atoms with Crippen LogP contribution in [0.25, 0.3) is 0 Å². The maximum absolute atomic E-state index is 12.5. The minimum Gasteiger partial charge on any atom is -0.506 e. The van der Waals surface area contributed by atoms with Crippen molar-refractivity contribution in [3.05, 3.63) is 53.6 Å². The molecule has 2 amide bonds. The summed E-state index contributed by atoms with van der Waals surface area (Å²) in [6, 6.07) is 12.7. The Kier molecular flexibility index (Phi) is 6.93. The minimum absolute atomic E-state index is 0.104. The summed E-state index contributed by atoms with van der Waals surface area (Å²) < 4.78 is 5.73. The molecular weight excluding hydrogens is 454 g/mol. The van der Waals surface area contributed by atoms with Crippen molar-refractivity contribution in [3.63, 3.8) is 0 Å². The van der Waals surface area contributed by atoms with Crippen LogP contribution in [0.4, 0.5) is 5.69 Å². The Labute approximate surface area is 213 Å². The van der Waals surface area contributed by atoms with E-state index in [9.17, 15) is 14.7 Å². The molecule has 0 heterocycles. The maximum Gasteiger partial charge on any atom is 0.262 e. The molecule has 2 aromatic rings. The van der Waals surface area contributed by atoms with E-state index in [1.807, 2.05) is 31.1 Å². The molecule has 4 fully saturated rings. The lowest BCUT2D eigenvalue weighted by atomic mass is 9.48. The van der Waals surface area contributed by atoms with Gasteiger partial charge < -0.3 is 25.4 Å². The average molecular weight is 492 g/mol. The van der Waals surface area contributed by atoms with Crippen LogP contribution in [0, 0.1) is 17.8 Å². The lowest BCUT2D eigenvalue weighted by molar-refractivity contribution is -0.118. The number of nitrogens with one attached hydrogen (secondary N) is 2. The van der Waals surface area contributed by atoms with Crippen molar-refractivity contribution in [2.75, 3.05) is 39.1 Å². The highest BCUT2D eigenvalue weighted by atomic mass is 16.5. The van der Waals surface area contributed by atoms with Crippen molar-refractivity contribution in [1.82, 2.24) is 10.2 Å². The van der Waals surface area contributed by atoms with Crippen molar-refractivity contribution >= 4 is 17.5 Å². The molecule has 4 bridgehead atoms. The van der Waals surface area contributed by atoms with E-state index >= 15 is 0 Å². The number of rotatable bonds is 9.